The topological polar surface area (TPSA) is 76.2 Å². The second-order valence-corrected chi connectivity index (χ2v) is 9.41. The first kappa shape index (κ1) is 15.9. The highest BCUT2D eigenvalue weighted by Crippen LogP contribution is 2.20. The number of nitro groups is 1. The van der Waals surface area contributed by atoms with E-state index in [1.54, 1.807) is 12.1 Å². The monoisotopic (exact) mass is 290 g/mol. The van der Waals surface area contributed by atoms with Crippen LogP contribution >= 0.6 is 0 Å². The van der Waals surface area contributed by atoms with Crippen LogP contribution in [0, 0.1) is 21.4 Å². The summed E-state index contributed by atoms with van der Waals surface area (Å²) in [7, 11) is -1.72. The molecule has 6 heteroatoms. The Bertz CT molecular complexity index is 510. The third kappa shape index (κ3) is 4.86. The molecule has 0 aliphatic rings. The SMILES string of the molecule is C=C[Si](C)(CCCC#N)COc1ccc([N+](=O)[O-])cc1. The van der Waals surface area contributed by atoms with Gasteiger partial charge in [0, 0.05) is 18.6 Å². The molecule has 0 aliphatic carbocycles. The van der Waals surface area contributed by atoms with Gasteiger partial charge in [0.1, 0.15) is 13.8 Å². The van der Waals surface area contributed by atoms with Gasteiger partial charge in [0.25, 0.3) is 5.69 Å². The molecule has 106 valence electrons. The third-order valence-electron chi connectivity index (χ3n) is 3.15. The minimum atomic E-state index is -1.72. The molecule has 1 aromatic rings. The summed E-state index contributed by atoms with van der Waals surface area (Å²) in [4.78, 5) is 10.1. The van der Waals surface area contributed by atoms with Gasteiger partial charge in [0.05, 0.1) is 17.2 Å². The van der Waals surface area contributed by atoms with E-state index >= 15 is 0 Å². The quantitative estimate of drug-likeness (QED) is 0.317. The zero-order valence-corrected chi connectivity index (χ0v) is 12.5. The Hall–Kier alpha value is -2.13. The largest absolute Gasteiger partial charge is 0.497 e. The maximum absolute atomic E-state index is 10.6. The van der Waals surface area contributed by atoms with Crippen LogP contribution in [0.3, 0.4) is 0 Å². The highest BCUT2D eigenvalue weighted by Gasteiger charge is 2.24. The number of nitriles is 1. The van der Waals surface area contributed by atoms with Crippen LogP contribution in [0.15, 0.2) is 36.5 Å². The molecule has 0 saturated heterocycles. The number of rotatable bonds is 8. The van der Waals surface area contributed by atoms with Gasteiger partial charge in [-0.1, -0.05) is 18.3 Å². The van der Waals surface area contributed by atoms with Crippen molar-refractivity contribution in [3.63, 3.8) is 0 Å². The maximum atomic E-state index is 10.6. The number of benzene rings is 1. The van der Waals surface area contributed by atoms with Crippen molar-refractivity contribution in [3.8, 4) is 11.8 Å². The van der Waals surface area contributed by atoms with Crippen molar-refractivity contribution in [3.05, 3.63) is 46.7 Å². The predicted molar refractivity (Wildman–Crippen MR) is 80.1 cm³/mol. The average Bonchev–Trinajstić information content (AvgIpc) is 2.46. The average molecular weight is 290 g/mol. The Labute approximate surface area is 119 Å². The van der Waals surface area contributed by atoms with Crippen LogP contribution in [0.1, 0.15) is 12.8 Å². The molecule has 1 aromatic carbocycles. The molecule has 0 aliphatic heterocycles. The molecule has 0 saturated carbocycles. The van der Waals surface area contributed by atoms with Gasteiger partial charge in [-0.05, 0) is 18.6 Å². The van der Waals surface area contributed by atoms with Crippen LogP contribution < -0.4 is 4.74 Å². The first-order valence-corrected chi connectivity index (χ1v) is 9.38. The van der Waals surface area contributed by atoms with E-state index < -0.39 is 13.0 Å². The van der Waals surface area contributed by atoms with Crippen molar-refractivity contribution >= 4 is 13.8 Å². The second-order valence-electron chi connectivity index (χ2n) is 4.91. The Morgan fingerprint density at radius 1 is 1.50 bits per heavy atom. The molecule has 0 N–H and O–H groups in total. The lowest BCUT2D eigenvalue weighted by Crippen LogP contribution is -2.36. The fourth-order valence-electron chi connectivity index (χ4n) is 1.72. The number of ether oxygens (including phenoxy) is 1. The van der Waals surface area contributed by atoms with Gasteiger partial charge in [-0.15, -0.1) is 6.58 Å². The molecule has 0 aromatic heterocycles. The van der Waals surface area contributed by atoms with E-state index in [1.807, 2.05) is 5.70 Å². The number of hydrogen-bond donors (Lipinski definition) is 0. The number of non-ortho nitro benzene ring substituents is 1. The summed E-state index contributed by atoms with van der Waals surface area (Å²) in [6.07, 6.45) is 1.97. The minimum absolute atomic E-state index is 0.0510. The van der Waals surface area contributed by atoms with Crippen molar-refractivity contribution < 1.29 is 9.66 Å². The first-order valence-electron chi connectivity index (χ1n) is 6.38. The molecule has 0 fully saturated rings. The summed E-state index contributed by atoms with van der Waals surface area (Å²) >= 11 is 0. The molecule has 0 spiro atoms. The maximum Gasteiger partial charge on any atom is 0.269 e. The summed E-state index contributed by atoms with van der Waals surface area (Å²) in [6.45, 7) is 6.03. The Morgan fingerprint density at radius 3 is 2.65 bits per heavy atom. The number of nitro benzene ring substituents is 1. The molecular weight excluding hydrogens is 272 g/mol. The van der Waals surface area contributed by atoms with Gasteiger partial charge < -0.3 is 4.74 Å². The Morgan fingerprint density at radius 2 is 2.15 bits per heavy atom. The zero-order valence-electron chi connectivity index (χ0n) is 11.5. The summed E-state index contributed by atoms with van der Waals surface area (Å²) in [5, 5.41) is 19.1. The first-order chi connectivity index (χ1) is 9.50. The zero-order chi connectivity index (χ0) is 15.0. The summed E-state index contributed by atoms with van der Waals surface area (Å²) in [6, 6.07) is 9.16. The van der Waals surface area contributed by atoms with Crippen LogP contribution in [-0.2, 0) is 0 Å². The standard InChI is InChI=1S/C14H18N2O3Si/c1-3-20(2,11-5-4-10-15)12-19-14-8-6-13(7-9-14)16(17)18/h3,6-9H,1,4-5,11-12H2,2H3. The molecule has 0 bridgehead atoms. The summed E-state index contributed by atoms with van der Waals surface area (Å²) in [5.74, 6) is 0.622. The van der Waals surface area contributed by atoms with E-state index in [0.717, 1.165) is 12.5 Å². The lowest BCUT2D eigenvalue weighted by atomic mass is 10.3. The second kappa shape index (κ2) is 7.45. The van der Waals surface area contributed by atoms with Crippen LogP contribution in [0.4, 0.5) is 5.69 Å². The van der Waals surface area contributed by atoms with Crippen molar-refractivity contribution in [1.29, 1.82) is 5.26 Å². The summed E-state index contributed by atoms with van der Waals surface area (Å²) < 4.78 is 5.71. The Kier molecular flexibility index (Phi) is 5.93. The molecule has 0 amide bonds. The predicted octanol–water partition coefficient (Wildman–Crippen LogP) is 3.62. The fraction of sp³-hybridized carbons (Fsp3) is 0.357. The fourth-order valence-corrected chi connectivity index (χ4v) is 3.66. The van der Waals surface area contributed by atoms with Crippen LogP contribution in [0.2, 0.25) is 12.6 Å². The van der Waals surface area contributed by atoms with E-state index in [1.165, 1.54) is 12.1 Å². The van der Waals surface area contributed by atoms with Crippen LogP contribution in [0.5, 0.6) is 5.75 Å². The minimum Gasteiger partial charge on any atom is -0.497 e. The molecule has 1 rings (SSSR count). The molecule has 5 nitrogen and oxygen atoms in total. The van der Waals surface area contributed by atoms with E-state index in [9.17, 15) is 10.1 Å². The Balaban J connectivity index is 2.57. The number of unbranched alkanes of at least 4 members (excludes halogenated alkanes) is 1. The van der Waals surface area contributed by atoms with E-state index in [-0.39, 0.29) is 5.69 Å². The van der Waals surface area contributed by atoms with Gasteiger partial charge >= 0.3 is 0 Å². The van der Waals surface area contributed by atoms with Crippen molar-refractivity contribution in [2.75, 3.05) is 6.23 Å². The van der Waals surface area contributed by atoms with E-state index in [2.05, 4.69) is 19.2 Å². The van der Waals surface area contributed by atoms with Gasteiger partial charge in [-0.2, -0.15) is 5.26 Å². The molecule has 20 heavy (non-hydrogen) atoms. The van der Waals surface area contributed by atoms with Gasteiger partial charge in [-0.3, -0.25) is 10.1 Å². The molecule has 1 unspecified atom stereocenters. The van der Waals surface area contributed by atoms with Crippen molar-refractivity contribution in [1.82, 2.24) is 0 Å². The molecule has 0 radical (unpaired) electrons. The third-order valence-corrected chi connectivity index (χ3v) is 6.43. The summed E-state index contributed by atoms with van der Waals surface area (Å²) in [5.41, 5.74) is 2.02. The number of hydrogen-bond acceptors (Lipinski definition) is 4. The van der Waals surface area contributed by atoms with Crippen LogP contribution in [0.25, 0.3) is 0 Å². The van der Waals surface area contributed by atoms with Gasteiger partial charge in [0.15, 0.2) is 0 Å². The van der Waals surface area contributed by atoms with E-state index in [4.69, 9.17) is 10.00 Å². The van der Waals surface area contributed by atoms with E-state index in [0.29, 0.717) is 18.4 Å². The van der Waals surface area contributed by atoms with Crippen LogP contribution in [-0.4, -0.2) is 19.2 Å². The normalized spacial score (nSPS) is 13.0. The molecular formula is C14H18N2O3Si. The number of nitrogens with zero attached hydrogens (tertiary/aromatic N) is 2. The van der Waals surface area contributed by atoms with Crippen molar-refractivity contribution in [2.24, 2.45) is 0 Å². The lowest BCUT2D eigenvalue weighted by Gasteiger charge is -2.23. The highest BCUT2D eigenvalue weighted by molar-refractivity contribution is 6.83. The smallest absolute Gasteiger partial charge is 0.269 e. The molecule has 1 atom stereocenters. The van der Waals surface area contributed by atoms with Crippen molar-refractivity contribution in [2.45, 2.75) is 25.4 Å². The van der Waals surface area contributed by atoms with Gasteiger partial charge in [0.2, 0.25) is 0 Å². The lowest BCUT2D eigenvalue weighted by molar-refractivity contribution is -0.384. The molecule has 0 heterocycles. The van der Waals surface area contributed by atoms with Gasteiger partial charge in [-0.25, -0.2) is 0 Å². The highest BCUT2D eigenvalue weighted by atomic mass is 28.3.